The van der Waals surface area contributed by atoms with Gasteiger partial charge in [0.2, 0.25) is 0 Å². The lowest BCUT2D eigenvalue weighted by Gasteiger charge is -2.16. The molecule has 19 heavy (non-hydrogen) atoms. The first-order valence-electron chi connectivity index (χ1n) is 5.83. The normalized spacial score (nSPS) is 12.7. The number of nitrogens with two attached hydrogens (primary N) is 1. The molecule has 0 aliphatic carbocycles. The number of halogens is 1. The van der Waals surface area contributed by atoms with Gasteiger partial charge in [0.25, 0.3) is 0 Å². The highest BCUT2D eigenvalue weighted by molar-refractivity contribution is 7.10. The Balaban J connectivity index is 2.09. The van der Waals surface area contributed by atoms with Crippen molar-refractivity contribution < 1.29 is 0 Å². The number of hydrogen-bond acceptors (Lipinski definition) is 4. The van der Waals surface area contributed by atoms with Crippen molar-refractivity contribution >= 4 is 33.8 Å². The van der Waals surface area contributed by atoms with Crippen molar-refractivity contribution in [1.29, 1.82) is 0 Å². The van der Waals surface area contributed by atoms with Crippen molar-refractivity contribution in [2.45, 2.75) is 6.04 Å². The van der Waals surface area contributed by atoms with Crippen molar-refractivity contribution in [2.24, 2.45) is 5.84 Å². The predicted molar refractivity (Wildman–Crippen MR) is 80.2 cm³/mol. The van der Waals surface area contributed by atoms with Crippen LogP contribution in [0.2, 0.25) is 5.02 Å². The Morgan fingerprint density at radius 2 is 2.16 bits per heavy atom. The molecule has 0 aliphatic heterocycles. The highest BCUT2D eigenvalue weighted by Crippen LogP contribution is 2.33. The standard InChI is InChI=1S/C14H12ClN3S/c15-11-5-7-19-14(11)13(18-16)10-4-3-9-2-1-6-17-12(9)8-10/h1-8,13,18H,16H2. The van der Waals surface area contributed by atoms with Crippen LogP contribution in [0.15, 0.2) is 48.0 Å². The molecule has 0 radical (unpaired) electrons. The van der Waals surface area contributed by atoms with Gasteiger partial charge in [-0.05, 0) is 29.1 Å². The number of nitrogens with zero attached hydrogens (tertiary/aromatic N) is 1. The lowest BCUT2D eigenvalue weighted by molar-refractivity contribution is 0.647. The zero-order chi connectivity index (χ0) is 13.2. The second-order valence-corrected chi connectivity index (χ2v) is 5.54. The Kier molecular flexibility index (Phi) is 3.48. The van der Waals surface area contributed by atoms with Crippen LogP contribution in [-0.4, -0.2) is 4.98 Å². The number of rotatable bonds is 3. The minimum absolute atomic E-state index is 0.112. The summed E-state index contributed by atoms with van der Waals surface area (Å²) in [6.07, 6.45) is 1.79. The van der Waals surface area contributed by atoms with Gasteiger partial charge < -0.3 is 0 Å². The third-order valence-electron chi connectivity index (χ3n) is 3.04. The van der Waals surface area contributed by atoms with Crippen LogP contribution < -0.4 is 11.3 Å². The van der Waals surface area contributed by atoms with Gasteiger partial charge in [0.1, 0.15) is 0 Å². The second-order valence-electron chi connectivity index (χ2n) is 4.19. The zero-order valence-corrected chi connectivity index (χ0v) is 11.6. The molecule has 3 aromatic rings. The minimum atomic E-state index is -0.112. The van der Waals surface area contributed by atoms with E-state index in [1.54, 1.807) is 17.5 Å². The Morgan fingerprint density at radius 1 is 1.26 bits per heavy atom. The summed E-state index contributed by atoms with van der Waals surface area (Å²) < 4.78 is 0. The molecule has 0 saturated carbocycles. The fourth-order valence-electron chi connectivity index (χ4n) is 2.10. The van der Waals surface area contributed by atoms with Crippen LogP contribution >= 0.6 is 22.9 Å². The maximum atomic E-state index is 6.18. The van der Waals surface area contributed by atoms with E-state index < -0.39 is 0 Å². The van der Waals surface area contributed by atoms with Gasteiger partial charge in [-0.25, -0.2) is 5.43 Å². The molecule has 2 heterocycles. The second kappa shape index (κ2) is 5.27. The SMILES string of the molecule is NNC(c1ccc2cccnc2c1)c1sccc1Cl. The summed E-state index contributed by atoms with van der Waals surface area (Å²) in [4.78, 5) is 5.38. The largest absolute Gasteiger partial charge is 0.271 e. The lowest BCUT2D eigenvalue weighted by Crippen LogP contribution is -2.28. The Labute approximate surface area is 120 Å². The van der Waals surface area contributed by atoms with Gasteiger partial charge in [-0.3, -0.25) is 10.8 Å². The van der Waals surface area contributed by atoms with Crippen molar-refractivity contribution in [3.05, 3.63) is 63.4 Å². The topological polar surface area (TPSA) is 50.9 Å². The van der Waals surface area contributed by atoms with Crippen LogP contribution in [0.25, 0.3) is 10.9 Å². The monoisotopic (exact) mass is 289 g/mol. The lowest BCUT2D eigenvalue weighted by atomic mass is 10.0. The van der Waals surface area contributed by atoms with Crippen molar-refractivity contribution in [2.75, 3.05) is 0 Å². The number of nitrogens with one attached hydrogen (secondary N) is 1. The fraction of sp³-hybridized carbons (Fsp3) is 0.0714. The van der Waals surface area contributed by atoms with E-state index in [0.29, 0.717) is 0 Å². The van der Waals surface area contributed by atoms with E-state index in [9.17, 15) is 0 Å². The van der Waals surface area contributed by atoms with E-state index in [1.165, 1.54) is 0 Å². The molecule has 1 aromatic carbocycles. The summed E-state index contributed by atoms with van der Waals surface area (Å²) in [5.41, 5.74) is 4.83. The number of pyridine rings is 1. The van der Waals surface area contributed by atoms with Crippen LogP contribution in [0.5, 0.6) is 0 Å². The number of thiophene rings is 1. The van der Waals surface area contributed by atoms with E-state index in [2.05, 4.69) is 10.4 Å². The first kappa shape index (κ1) is 12.6. The van der Waals surface area contributed by atoms with Crippen LogP contribution in [0.4, 0.5) is 0 Å². The summed E-state index contributed by atoms with van der Waals surface area (Å²) in [6, 6.07) is 11.9. The molecule has 0 aliphatic rings. The third-order valence-corrected chi connectivity index (χ3v) is 4.46. The summed E-state index contributed by atoms with van der Waals surface area (Å²) >= 11 is 7.77. The smallest absolute Gasteiger partial charge is 0.0818 e. The molecule has 3 rings (SSSR count). The van der Waals surface area contributed by atoms with Gasteiger partial charge in [0.15, 0.2) is 0 Å². The number of benzene rings is 1. The molecule has 0 amide bonds. The molecule has 0 saturated heterocycles. The van der Waals surface area contributed by atoms with Crippen LogP contribution in [-0.2, 0) is 0 Å². The van der Waals surface area contributed by atoms with Gasteiger partial charge in [0, 0.05) is 16.5 Å². The quantitative estimate of drug-likeness (QED) is 0.573. The summed E-state index contributed by atoms with van der Waals surface area (Å²) in [6.45, 7) is 0. The number of aromatic nitrogens is 1. The fourth-order valence-corrected chi connectivity index (χ4v) is 3.35. The minimum Gasteiger partial charge on any atom is -0.271 e. The Bertz CT molecular complexity index is 710. The average Bonchev–Trinajstić information content (AvgIpc) is 2.86. The summed E-state index contributed by atoms with van der Waals surface area (Å²) in [7, 11) is 0. The number of hydrazine groups is 1. The molecule has 0 fully saturated rings. The van der Waals surface area contributed by atoms with E-state index in [0.717, 1.165) is 26.4 Å². The molecule has 2 aromatic heterocycles. The molecule has 5 heteroatoms. The van der Waals surface area contributed by atoms with Gasteiger partial charge in [-0.15, -0.1) is 11.3 Å². The van der Waals surface area contributed by atoms with Crippen molar-refractivity contribution in [1.82, 2.24) is 10.4 Å². The van der Waals surface area contributed by atoms with E-state index in [1.807, 2.05) is 41.8 Å². The predicted octanol–water partition coefficient (Wildman–Crippen LogP) is 3.50. The highest BCUT2D eigenvalue weighted by atomic mass is 35.5. The van der Waals surface area contributed by atoms with Gasteiger partial charge in [-0.1, -0.05) is 29.8 Å². The first-order chi connectivity index (χ1) is 9.29. The number of hydrogen-bond donors (Lipinski definition) is 2. The molecule has 96 valence electrons. The van der Waals surface area contributed by atoms with Gasteiger partial charge in [-0.2, -0.15) is 0 Å². The zero-order valence-electron chi connectivity index (χ0n) is 10.0. The number of fused-ring (bicyclic) bond motifs is 1. The van der Waals surface area contributed by atoms with Crippen LogP contribution in [0.1, 0.15) is 16.5 Å². The van der Waals surface area contributed by atoms with Crippen molar-refractivity contribution in [3.63, 3.8) is 0 Å². The molecule has 1 unspecified atom stereocenters. The van der Waals surface area contributed by atoms with Crippen molar-refractivity contribution in [3.8, 4) is 0 Å². The Morgan fingerprint density at radius 3 is 2.89 bits per heavy atom. The molecule has 0 bridgehead atoms. The highest BCUT2D eigenvalue weighted by Gasteiger charge is 2.17. The molecular weight excluding hydrogens is 278 g/mol. The van der Waals surface area contributed by atoms with Gasteiger partial charge in [0.05, 0.1) is 16.6 Å². The first-order valence-corrected chi connectivity index (χ1v) is 7.09. The van der Waals surface area contributed by atoms with E-state index >= 15 is 0 Å². The Hall–Kier alpha value is -1.46. The van der Waals surface area contributed by atoms with Crippen LogP contribution in [0, 0.1) is 0 Å². The molecule has 3 N–H and O–H groups in total. The summed E-state index contributed by atoms with van der Waals surface area (Å²) in [5.74, 6) is 5.69. The summed E-state index contributed by atoms with van der Waals surface area (Å²) in [5, 5.41) is 3.80. The maximum absolute atomic E-state index is 6.18. The van der Waals surface area contributed by atoms with E-state index in [-0.39, 0.29) is 6.04 Å². The van der Waals surface area contributed by atoms with E-state index in [4.69, 9.17) is 17.4 Å². The average molecular weight is 290 g/mol. The molecule has 3 nitrogen and oxygen atoms in total. The maximum Gasteiger partial charge on any atom is 0.0818 e. The van der Waals surface area contributed by atoms with Gasteiger partial charge >= 0.3 is 0 Å². The third kappa shape index (κ3) is 2.35. The molecule has 0 spiro atoms. The molecular formula is C14H12ClN3S. The van der Waals surface area contributed by atoms with Crippen LogP contribution in [0.3, 0.4) is 0 Å². The molecule has 1 atom stereocenters.